The maximum absolute atomic E-state index is 14.6. The third-order valence-electron chi connectivity index (χ3n) is 6.33. The zero-order chi connectivity index (χ0) is 25.4. The Kier molecular flexibility index (Phi) is 5.86. The number of hydrogen-bond acceptors (Lipinski definition) is 5. The van der Waals surface area contributed by atoms with E-state index in [0.29, 0.717) is 12.4 Å². The Morgan fingerprint density at radius 3 is 2.68 bits per heavy atom. The molecule has 0 saturated heterocycles. The molecule has 8 heteroatoms. The van der Waals surface area contributed by atoms with Gasteiger partial charge in [-0.3, -0.25) is 15.1 Å². The number of ether oxygens (including phenoxy) is 1. The second-order valence-electron chi connectivity index (χ2n) is 9.20. The summed E-state index contributed by atoms with van der Waals surface area (Å²) in [6.07, 6.45) is 5.08. The number of H-pyrrole nitrogens is 2. The van der Waals surface area contributed by atoms with Gasteiger partial charge < -0.3 is 14.6 Å². The predicted octanol–water partition coefficient (Wildman–Crippen LogP) is 5.91. The van der Waals surface area contributed by atoms with Crippen LogP contribution in [0.2, 0.25) is 0 Å². The highest BCUT2D eigenvalue weighted by Crippen LogP contribution is 2.36. The summed E-state index contributed by atoms with van der Waals surface area (Å²) in [5, 5.41) is 9.67. The second kappa shape index (κ2) is 9.48. The number of benzene rings is 3. The zero-order valence-corrected chi connectivity index (χ0v) is 20.5. The van der Waals surface area contributed by atoms with Gasteiger partial charge in [-0.05, 0) is 61.6 Å². The first-order chi connectivity index (χ1) is 18.0. The molecule has 3 heterocycles. The first-order valence-corrected chi connectivity index (χ1v) is 12.0. The van der Waals surface area contributed by atoms with Crippen LogP contribution in [0.15, 0.2) is 79.3 Å². The van der Waals surface area contributed by atoms with Crippen molar-refractivity contribution in [2.45, 2.75) is 0 Å². The minimum absolute atomic E-state index is 0.333. The summed E-state index contributed by atoms with van der Waals surface area (Å²) in [5.41, 5.74) is 6.95. The van der Waals surface area contributed by atoms with Crippen LogP contribution in [0, 0.1) is 5.82 Å². The quantitative estimate of drug-likeness (QED) is 0.289. The number of halogens is 1. The van der Waals surface area contributed by atoms with Crippen molar-refractivity contribution in [1.82, 2.24) is 30.0 Å². The fourth-order valence-electron chi connectivity index (χ4n) is 4.51. The first-order valence-electron chi connectivity index (χ1n) is 12.0. The number of hydrogen-bond donors (Lipinski definition) is 2. The van der Waals surface area contributed by atoms with Crippen molar-refractivity contribution in [2.24, 2.45) is 0 Å². The lowest BCUT2D eigenvalue weighted by Crippen LogP contribution is -2.19. The minimum atomic E-state index is -0.333. The molecule has 2 N–H and O–H groups in total. The van der Waals surface area contributed by atoms with Crippen LogP contribution in [0.3, 0.4) is 0 Å². The van der Waals surface area contributed by atoms with E-state index >= 15 is 0 Å². The Bertz CT molecular complexity index is 1710. The molecule has 3 aromatic heterocycles. The molecule has 0 radical (unpaired) electrons. The molecule has 0 amide bonds. The summed E-state index contributed by atoms with van der Waals surface area (Å²) in [6.45, 7) is 1.23. The molecule has 0 aliphatic rings. The van der Waals surface area contributed by atoms with E-state index in [-0.39, 0.29) is 5.82 Å². The van der Waals surface area contributed by atoms with Gasteiger partial charge in [0, 0.05) is 46.9 Å². The van der Waals surface area contributed by atoms with Crippen LogP contribution in [0.4, 0.5) is 4.39 Å². The fraction of sp³-hybridized carbons (Fsp3) is 0.138. The molecule has 3 aromatic carbocycles. The minimum Gasteiger partial charge on any atom is -0.492 e. The van der Waals surface area contributed by atoms with Gasteiger partial charge in [-0.15, -0.1) is 0 Å². The van der Waals surface area contributed by atoms with Crippen molar-refractivity contribution >= 4 is 21.8 Å². The van der Waals surface area contributed by atoms with Crippen LogP contribution >= 0.6 is 0 Å². The van der Waals surface area contributed by atoms with E-state index in [2.05, 4.69) is 37.3 Å². The van der Waals surface area contributed by atoms with Crippen molar-refractivity contribution in [1.29, 1.82) is 0 Å². The number of likely N-dealkylation sites (N-methyl/N-ethyl adjacent to an activating group) is 1. The summed E-state index contributed by atoms with van der Waals surface area (Å²) in [4.78, 5) is 14.1. The molecule has 6 rings (SSSR count). The van der Waals surface area contributed by atoms with Crippen LogP contribution in [-0.4, -0.2) is 57.3 Å². The molecule has 0 saturated carbocycles. The molecular formula is C29H25FN6O. The third kappa shape index (κ3) is 4.54. The molecule has 184 valence electrons. The number of rotatable bonds is 7. The molecule has 0 unspecified atom stereocenters. The fourth-order valence-corrected chi connectivity index (χ4v) is 4.51. The molecule has 37 heavy (non-hydrogen) atoms. The SMILES string of the molecule is CN(C)CCOc1cc(F)cc(-c2cccc3[nH]c(-c4n[nH]c5ccc(-c6cnccn6)cc45)cc23)c1. The zero-order valence-electron chi connectivity index (χ0n) is 20.5. The number of nitrogens with zero attached hydrogens (tertiary/aromatic N) is 4. The van der Waals surface area contributed by atoms with Crippen molar-refractivity contribution in [3.05, 3.63) is 85.1 Å². The lowest BCUT2D eigenvalue weighted by molar-refractivity contribution is 0.260. The highest BCUT2D eigenvalue weighted by molar-refractivity contribution is 6.01. The van der Waals surface area contributed by atoms with Crippen molar-refractivity contribution in [3.8, 4) is 39.5 Å². The average molecular weight is 493 g/mol. The van der Waals surface area contributed by atoms with Crippen LogP contribution in [0.1, 0.15) is 0 Å². The van der Waals surface area contributed by atoms with E-state index in [1.807, 2.05) is 55.4 Å². The van der Waals surface area contributed by atoms with Crippen molar-refractivity contribution in [2.75, 3.05) is 27.2 Å². The Hall–Kier alpha value is -4.56. The van der Waals surface area contributed by atoms with Crippen molar-refractivity contribution < 1.29 is 9.13 Å². The standard InChI is InChI=1S/C29H25FN6O/c1-36(2)10-11-37-21-13-19(12-20(30)15-21)22-4-3-5-25-23(22)16-27(33-25)29-24-14-18(6-7-26(24)34-35-29)28-17-31-8-9-32-28/h3-9,12-17,33H,10-11H2,1-2H3,(H,34,35). The van der Waals surface area contributed by atoms with Crippen molar-refractivity contribution in [3.63, 3.8) is 0 Å². The molecule has 0 fully saturated rings. The largest absolute Gasteiger partial charge is 0.492 e. The van der Waals surface area contributed by atoms with Crippen LogP contribution in [-0.2, 0) is 0 Å². The maximum atomic E-state index is 14.6. The monoisotopic (exact) mass is 492 g/mol. The van der Waals surface area contributed by atoms with Gasteiger partial charge in [0.05, 0.1) is 23.1 Å². The highest BCUT2D eigenvalue weighted by Gasteiger charge is 2.15. The summed E-state index contributed by atoms with van der Waals surface area (Å²) in [6, 6.07) is 18.9. The Morgan fingerprint density at radius 1 is 0.919 bits per heavy atom. The lowest BCUT2D eigenvalue weighted by Gasteiger charge is -2.12. The van der Waals surface area contributed by atoms with Gasteiger partial charge in [0.25, 0.3) is 0 Å². The molecule has 7 nitrogen and oxygen atoms in total. The lowest BCUT2D eigenvalue weighted by atomic mass is 10.0. The summed E-state index contributed by atoms with van der Waals surface area (Å²) in [5.74, 6) is 0.180. The number of aromatic amines is 2. The molecule has 0 aliphatic carbocycles. The number of aromatic nitrogens is 5. The van der Waals surface area contributed by atoms with Gasteiger partial charge in [-0.25, -0.2) is 4.39 Å². The van der Waals surface area contributed by atoms with E-state index in [9.17, 15) is 4.39 Å². The number of fused-ring (bicyclic) bond motifs is 2. The molecule has 0 bridgehead atoms. The maximum Gasteiger partial charge on any atom is 0.127 e. The Morgan fingerprint density at radius 2 is 1.84 bits per heavy atom. The molecule has 6 aromatic rings. The second-order valence-corrected chi connectivity index (χ2v) is 9.20. The Balaban J connectivity index is 1.41. The average Bonchev–Trinajstić information content (AvgIpc) is 3.52. The smallest absolute Gasteiger partial charge is 0.127 e. The van der Waals surface area contributed by atoms with E-state index in [0.717, 1.165) is 62.1 Å². The normalized spacial score (nSPS) is 11.6. The first kappa shape index (κ1) is 22.9. The molecule has 0 atom stereocenters. The molecule has 0 spiro atoms. The van der Waals surface area contributed by atoms with Crippen LogP contribution in [0.5, 0.6) is 5.75 Å². The van der Waals surface area contributed by atoms with Gasteiger partial charge >= 0.3 is 0 Å². The van der Waals surface area contributed by atoms with Gasteiger partial charge in [0.1, 0.15) is 23.9 Å². The summed E-state index contributed by atoms with van der Waals surface area (Å²) < 4.78 is 20.4. The topological polar surface area (TPSA) is 82.7 Å². The third-order valence-corrected chi connectivity index (χ3v) is 6.33. The van der Waals surface area contributed by atoms with Crippen LogP contribution < -0.4 is 4.74 Å². The van der Waals surface area contributed by atoms with E-state index in [1.165, 1.54) is 12.1 Å². The van der Waals surface area contributed by atoms with Gasteiger partial charge in [-0.1, -0.05) is 18.2 Å². The van der Waals surface area contributed by atoms with Gasteiger partial charge in [0.15, 0.2) is 0 Å². The van der Waals surface area contributed by atoms with Gasteiger partial charge in [0.2, 0.25) is 0 Å². The van der Waals surface area contributed by atoms with E-state index < -0.39 is 0 Å². The molecular weight excluding hydrogens is 467 g/mol. The predicted molar refractivity (Wildman–Crippen MR) is 144 cm³/mol. The van der Waals surface area contributed by atoms with Crippen LogP contribution in [0.25, 0.3) is 55.6 Å². The van der Waals surface area contributed by atoms with Gasteiger partial charge in [-0.2, -0.15) is 5.10 Å². The Labute approximate surface area is 213 Å². The van der Waals surface area contributed by atoms with E-state index in [4.69, 9.17) is 4.74 Å². The van der Waals surface area contributed by atoms with E-state index in [1.54, 1.807) is 18.6 Å². The highest BCUT2D eigenvalue weighted by atomic mass is 19.1. The summed E-state index contributed by atoms with van der Waals surface area (Å²) in [7, 11) is 3.95. The molecule has 0 aliphatic heterocycles. The number of nitrogens with one attached hydrogen (secondary N) is 2. The summed E-state index contributed by atoms with van der Waals surface area (Å²) >= 11 is 0.